The average Bonchev–Trinajstić information content (AvgIpc) is 3.17. The van der Waals surface area contributed by atoms with E-state index in [9.17, 15) is 4.79 Å². The zero-order valence-corrected chi connectivity index (χ0v) is 12.2. The highest BCUT2D eigenvalue weighted by Crippen LogP contribution is 2.25. The number of imidazole rings is 1. The van der Waals surface area contributed by atoms with Crippen LogP contribution in [0.25, 0.3) is 22.7 Å². The van der Waals surface area contributed by atoms with Crippen molar-refractivity contribution in [3.8, 4) is 11.4 Å². The highest BCUT2D eigenvalue weighted by molar-refractivity contribution is 5.69. The van der Waals surface area contributed by atoms with Crippen LogP contribution in [-0.4, -0.2) is 29.7 Å². The zero-order valence-electron chi connectivity index (χ0n) is 12.2. The number of nitrogens with one attached hydrogen (secondary N) is 2. The van der Waals surface area contributed by atoms with Crippen molar-refractivity contribution in [2.24, 2.45) is 5.92 Å². The van der Waals surface area contributed by atoms with Crippen molar-refractivity contribution in [2.45, 2.75) is 38.6 Å². The monoisotopic (exact) mass is 298 g/mol. The Bertz CT molecular complexity index is 825. The standard InChI is InChI=1S/C15H18N6O/c22-15-19-13-14(21(15)9-10-4-2-1-3-5-10)18-12(8-16-13)11-6-7-17-20-11/h6-8,10H,1-5,9H2,(H,17,20)(H,16,19,22). The summed E-state index contributed by atoms with van der Waals surface area (Å²) in [5, 5.41) is 6.81. The van der Waals surface area contributed by atoms with E-state index in [0.717, 1.165) is 12.2 Å². The van der Waals surface area contributed by atoms with Gasteiger partial charge in [0.2, 0.25) is 0 Å². The maximum absolute atomic E-state index is 12.2. The first-order valence-corrected chi connectivity index (χ1v) is 7.76. The van der Waals surface area contributed by atoms with Crippen molar-refractivity contribution in [2.75, 3.05) is 0 Å². The van der Waals surface area contributed by atoms with E-state index in [1.165, 1.54) is 32.1 Å². The Morgan fingerprint density at radius 1 is 1.27 bits per heavy atom. The molecule has 0 aliphatic heterocycles. The lowest BCUT2D eigenvalue weighted by Crippen LogP contribution is -2.23. The summed E-state index contributed by atoms with van der Waals surface area (Å²) in [5.41, 5.74) is 2.54. The van der Waals surface area contributed by atoms with E-state index in [1.54, 1.807) is 17.0 Å². The molecule has 0 radical (unpaired) electrons. The Hall–Kier alpha value is -2.44. The normalized spacial score (nSPS) is 16.4. The first-order chi connectivity index (χ1) is 10.8. The molecule has 0 atom stereocenters. The molecule has 114 valence electrons. The van der Waals surface area contributed by atoms with Gasteiger partial charge in [-0.2, -0.15) is 5.10 Å². The van der Waals surface area contributed by atoms with Crippen LogP contribution < -0.4 is 5.69 Å². The first kappa shape index (κ1) is 13.2. The Balaban J connectivity index is 1.74. The molecule has 0 unspecified atom stereocenters. The summed E-state index contributed by atoms with van der Waals surface area (Å²) in [4.78, 5) is 23.9. The lowest BCUT2D eigenvalue weighted by molar-refractivity contribution is 0.319. The summed E-state index contributed by atoms with van der Waals surface area (Å²) < 4.78 is 1.73. The number of aromatic amines is 2. The molecule has 7 heteroatoms. The smallest absolute Gasteiger partial charge is 0.289 e. The van der Waals surface area contributed by atoms with E-state index in [2.05, 4.69) is 25.1 Å². The minimum atomic E-state index is -0.123. The number of H-pyrrole nitrogens is 2. The maximum atomic E-state index is 12.2. The predicted molar refractivity (Wildman–Crippen MR) is 82.3 cm³/mol. The van der Waals surface area contributed by atoms with Gasteiger partial charge in [-0.15, -0.1) is 0 Å². The average molecular weight is 298 g/mol. The van der Waals surface area contributed by atoms with Crippen LogP contribution in [-0.2, 0) is 6.54 Å². The van der Waals surface area contributed by atoms with Gasteiger partial charge < -0.3 is 0 Å². The second-order valence-electron chi connectivity index (χ2n) is 5.94. The fraction of sp³-hybridized carbons (Fsp3) is 0.467. The van der Waals surface area contributed by atoms with Crippen LogP contribution in [0, 0.1) is 5.92 Å². The van der Waals surface area contributed by atoms with Crippen LogP contribution in [0.15, 0.2) is 23.3 Å². The SMILES string of the molecule is O=c1[nH]c2ncc(-c3ccn[nH]3)nc2n1CC1CCCCC1. The molecular formula is C15H18N6O. The van der Waals surface area contributed by atoms with E-state index in [-0.39, 0.29) is 5.69 Å². The number of aromatic nitrogens is 6. The molecule has 3 aromatic heterocycles. The summed E-state index contributed by atoms with van der Waals surface area (Å²) in [7, 11) is 0. The van der Waals surface area contributed by atoms with Gasteiger partial charge in [-0.25, -0.2) is 14.8 Å². The van der Waals surface area contributed by atoms with E-state index in [4.69, 9.17) is 0 Å². The summed E-state index contributed by atoms with van der Waals surface area (Å²) in [6, 6.07) is 1.84. The molecule has 7 nitrogen and oxygen atoms in total. The van der Waals surface area contributed by atoms with Crippen molar-refractivity contribution in [3.05, 3.63) is 28.9 Å². The van der Waals surface area contributed by atoms with Gasteiger partial charge in [0.05, 0.1) is 11.9 Å². The van der Waals surface area contributed by atoms with E-state index < -0.39 is 0 Å². The van der Waals surface area contributed by atoms with Crippen LogP contribution in [0.3, 0.4) is 0 Å². The summed E-state index contributed by atoms with van der Waals surface area (Å²) in [5.74, 6) is 0.558. The Labute approximate surface area is 126 Å². The largest absolute Gasteiger partial charge is 0.328 e. The molecule has 4 rings (SSSR count). The third-order valence-electron chi connectivity index (χ3n) is 4.42. The molecule has 3 heterocycles. The summed E-state index contributed by atoms with van der Waals surface area (Å²) in [6.45, 7) is 0.722. The molecule has 1 aliphatic carbocycles. The maximum Gasteiger partial charge on any atom is 0.328 e. The number of nitrogens with zero attached hydrogens (tertiary/aromatic N) is 4. The highest BCUT2D eigenvalue weighted by Gasteiger charge is 2.18. The topological polar surface area (TPSA) is 92.2 Å². The van der Waals surface area contributed by atoms with Crippen molar-refractivity contribution in [1.29, 1.82) is 0 Å². The number of rotatable bonds is 3. The molecular weight excluding hydrogens is 280 g/mol. The molecule has 0 aromatic carbocycles. The van der Waals surface area contributed by atoms with Crippen molar-refractivity contribution >= 4 is 11.3 Å². The van der Waals surface area contributed by atoms with Gasteiger partial charge in [0.1, 0.15) is 5.69 Å². The van der Waals surface area contributed by atoms with Gasteiger partial charge in [0.25, 0.3) is 0 Å². The third kappa shape index (κ3) is 2.32. The summed E-state index contributed by atoms with van der Waals surface area (Å²) >= 11 is 0. The van der Waals surface area contributed by atoms with Crippen molar-refractivity contribution in [3.63, 3.8) is 0 Å². The van der Waals surface area contributed by atoms with Crippen LogP contribution in [0.1, 0.15) is 32.1 Å². The van der Waals surface area contributed by atoms with Crippen LogP contribution >= 0.6 is 0 Å². The second-order valence-corrected chi connectivity index (χ2v) is 5.94. The first-order valence-electron chi connectivity index (χ1n) is 7.76. The zero-order chi connectivity index (χ0) is 14.9. The molecule has 0 spiro atoms. The molecule has 0 saturated heterocycles. The molecule has 22 heavy (non-hydrogen) atoms. The third-order valence-corrected chi connectivity index (χ3v) is 4.42. The molecule has 1 saturated carbocycles. The molecule has 0 bridgehead atoms. The fourth-order valence-electron chi connectivity index (χ4n) is 3.25. The summed E-state index contributed by atoms with van der Waals surface area (Å²) in [6.07, 6.45) is 9.52. The minimum absolute atomic E-state index is 0.123. The lowest BCUT2D eigenvalue weighted by atomic mass is 9.89. The molecule has 1 aliphatic rings. The molecule has 0 amide bonds. The Morgan fingerprint density at radius 2 is 2.14 bits per heavy atom. The van der Waals surface area contributed by atoms with Gasteiger partial charge in [-0.05, 0) is 24.8 Å². The van der Waals surface area contributed by atoms with Crippen molar-refractivity contribution < 1.29 is 0 Å². The quantitative estimate of drug-likeness (QED) is 0.774. The van der Waals surface area contributed by atoms with Gasteiger partial charge >= 0.3 is 5.69 Å². The number of hydrogen-bond donors (Lipinski definition) is 2. The van der Waals surface area contributed by atoms with E-state index in [0.29, 0.717) is 22.9 Å². The van der Waals surface area contributed by atoms with Crippen LogP contribution in [0.5, 0.6) is 0 Å². The van der Waals surface area contributed by atoms with E-state index >= 15 is 0 Å². The molecule has 1 fully saturated rings. The highest BCUT2D eigenvalue weighted by atomic mass is 16.1. The fourth-order valence-corrected chi connectivity index (χ4v) is 3.25. The van der Waals surface area contributed by atoms with E-state index in [1.807, 2.05) is 6.07 Å². The van der Waals surface area contributed by atoms with Gasteiger partial charge in [0, 0.05) is 12.7 Å². The van der Waals surface area contributed by atoms with Gasteiger partial charge in [-0.1, -0.05) is 19.3 Å². The van der Waals surface area contributed by atoms with Crippen LogP contribution in [0.2, 0.25) is 0 Å². The number of hydrogen-bond acceptors (Lipinski definition) is 4. The van der Waals surface area contributed by atoms with Crippen molar-refractivity contribution in [1.82, 2.24) is 29.7 Å². The minimum Gasteiger partial charge on any atom is -0.289 e. The van der Waals surface area contributed by atoms with Gasteiger partial charge in [0.15, 0.2) is 11.3 Å². The second kappa shape index (κ2) is 5.40. The predicted octanol–water partition coefficient (Wildman–Crippen LogP) is 2.09. The van der Waals surface area contributed by atoms with Gasteiger partial charge in [-0.3, -0.25) is 14.6 Å². The molecule has 2 N–H and O–H groups in total. The lowest BCUT2D eigenvalue weighted by Gasteiger charge is -2.21. The number of fused-ring (bicyclic) bond motifs is 1. The van der Waals surface area contributed by atoms with Crippen LogP contribution in [0.4, 0.5) is 0 Å². The Morgan fingerprint density at radius 3 is 2.91 bits per heavy atom. The Kier molecular flexibility index (Phi) is 3.25. The molecule has 3 aromatic rings.